The van der Waals surface area contributed by atoms with Gasteiger partial charge in [-0.2, -0.15) is 0 Å². The van der Waals surface area contributed by atoms with E-state index in [2.05, 4.69) is 15.5 Å². The van der Waals surface area contributed by atoms with Crippen LogP contribution in [0.4, 0.5) is 4.39 Å². The lowest BCUT2D eigenvalue weighted by molar-refractivity contribution is 0.415. The number of aryl methyl sites for hydroxylation is 1. The molecule has 0 aliphatic rings. The van der Waals surface area contributed by atoms with E-state index < -0.39 is 0 Å². The van der Waals surface area contributed by atoms with E-state index in [1.807, 2.05) is 27.0 Å². The zero-order chi connectivity index (χ0) is 13.1. The fraction of sp³-hybridized carbons (Fsp3) is 0.385. The van der Waals surface area contributed by atoms with Crippen molar-refractivity contribution in [2.45, 2.75) is 26.3 Å². The van der Waals surface area contributed by atoms with Gasteiger partial charge < -0.3 is 9.73 Å². The van der Waals surface area contributed by atoms with Gasteiger partial charge in [0.15, 0.2) is 0 Å². The van der Waals surface area contributed by atoms with Crippen molar-refractivity contribution in [2.75, 3.05) is 7.05 Å². The molecule has 1 atom stereocenters. The molecule has 2 rings (SSSR count). The van der Waals surface area contributed by atoms with Crippen LogP contribution in [0, 0.1) is 12.7 Å². The summed E-state index contributed by atoms with van der Waals surface area (Å²) in [7, 11) is 1.84. The monoisotopic (exact) mass is 249 g/mol. The molecule has 1 heterocycles. The average molecular weight is 249 g/mol. The normalized spacial score (nSPS) is 12.7. The van der Waals surface area contributed by atoms with E-state index in [9.17, 15) is 4.39 Å². The van der Waals surface area contributed by atoms with Gasteiger partial charge in [-0.15, -0.1) is 10.2 Å². The molecule has 1 aromatic heterocycles. The fourth-order valence-corrected chi connectivity index (χ4v) is 1.85. The lowest BCUT2D eigenvalue weighted by Crippen LogP contribution is -2.15. The van der Waals surface area contributed by atoms with Gasteiger partial charge in [0.1, 0.15) is 5.82 Å². The Kier molecular flexibility index (Phi) is 3.72. The van der Waals surface area contributed by atoms with E-state index in [0.717, 1.165) is 12.0 Å². The maximum absolute atomic E-state index is 13.3. The molecular weight excluding hydrogens is 233 g/mol. The van der Waals surface area contributed by atoms with Crippen LogP contribution in [0.25, 0.3) is 11.5 Å². The molecule has 0 bridgehead atoms. The topological polar surface area (TPSA) is 51.0 Å². The Morgan fingerprint density at radius 1 is 1.33 bits per heavy atom. The molecule has 96 valence electrons. The molecule has 18 heavy (non-hydrogen) atoms. The smallest absolute Gasteiger partial charge is 0.247 e. The van der Waals surface area contributed by atoms with E-state index in [-0.39, 0.29) is 11.9 Å². The summed E-state index contributed by atoms with van der Waals surface area (Å²) in [6, 6.07) is 4.70. The second kappa shape index (κ2) is 5.27. The van der Waals surface area contributed by atoms with Gasteiger partial charge in [-0.25, -0.2) is 4.39 Å². The highest BCUT2D eigenvalue weighted by atomic mass is 19.1. The van der Waals surface area contributed by atoms with E-state index in [4.69, 9.17) is 4.42 Å². The first-order chi connectivity index (χ1) is 8.63. The Bertz CT molecular complexity index is 515. The fourth-order valence-electron chi connectivity index (χ4n) is 1.85. The molecule has 4 nitrogen and oxygen atoms in total. The Hall–Kier alpha value is -1.75. The number of halogens is 1. The number of hydrogen-bond donors (Lipinski definition) is 1. The van der Waals surface area contributed by atoms with Gasteiger partial charge in [0, 0.05) is 5.56 Å². The van der Waals surface area contributed by atoms with Crippen LogP contribution in [-0.4, -0.2) is 17.2 Å². The highest BCUT2D eigenvalue weighted by molar-refractivity contribution is 5.54. The molecule has 2 aromatic rings. The molecular formula is C13H16FN3O. The number of hydrogen-bond acceptors (Lipinski definition) is 4. The molecule has 0 radical (unpaired) electrons. The molecule has 0 fully saturated rings. The minimum atomic E-state index is -0.301. The molecule has 1 unspecified atom stereocenters. The van der Waals surface area contributed by atoms with Crippen molar-refractivity contribution < 1.29 is 8.81 Å². The molecule has 0 spiro atoms. The predicted octanol–water partition coefficient (Wildman–Crippen LogP) is 2.85. The van der Waals surface area contributed by atoms with Gasteiger partial charge in [0.2, 0.25) is 11.8 Å². The number of nitrogens with zero attached hydrogens (tertiary/aromatic N) is 2. The summed E-state index contributed by atoms with van der Waals surface area (Å²) in [6.45, 7) is 3.85. The van der Waals surface area contributed by atoms with E-state index in [1.54, 1.807) is 0 Å². The van der Waals surface area contributed by atoms with Crippen LogP contribution in [-0.2, 0) is 0 Å². The molecule has 1 N–H and O–H groups in total. The van der Waals surface area contributed by atoms with Gasteiger partial charge >= 0.3 is 0 Å². The third-order valence-corrected chi connectivity index (χ3v) is 2.78. The highest BCUT2D eigenvalue weighted by Crippen LogP contribution is 2.23. The van der Waals surface area contributed by atoms with Gasteiger partial charge in [-0.05, 0) is 44.2 Å². The SMILES string of the molecule is CCC(NC)c1nnc(-c2cc(C)cc(F)c2)o1. The van der Waals surface area contributed by atoms with Crippen LogP contribution >= 0.6 is 0 Å². The summed E-state index contributed by atoms with van der Waals surface area (Å²) in [5.41, 5.74) is 1.43. The highest BCUT2D eigenvalue weighted by Gasteiger charge is 2.16. The summed E-state index contributed by atoms with van der Waals surface area (Å²) in [5, 5.41) is 11.0. The molecule has 0 saturated carbocycles. The Morgan fingerprint density at radius 3 is 2.72 bits per heavy atom. The van der Waals surface area contributed by atoms with E-state index in [0.29, 0.717) is 17.3 Å². The minimum Gasteiger partial charge on any atom is -0.419 e. The number of nitrogens with one attached hydrogen (secondary N) is 1. The molecule has 0 saturated heterocycles. The quantitative estimate of drug-likeness (QED) is 0.905. The van der Waals surface area contributed by atoms with Crippen LogP contribution in [0.1, 0.15) is 30.8 Å². The van der Waals surface area contributed by atoms with Crippen molar-refractivity contribution in [2.24, 2.45) is 0 Å². The Balaban J connectivity index is 2.34. The van der Waals surface area contributed by atoms with Crippen molar-refractivity contribution in [1.29, 1.82) is 0 Å². The lowest BCUT2D eigenvalue weighted by Gasteiger charge is -2.07. The van der Waals surface area contributed by atoms with Crippen molar-refractivity contribution in [3.8, 4) is 11.5 Å². The molecule has 0 aliphatic heterocycles. The summed E-state index contributed by atoms with van der Waals surface area (Å²) >= 11 is 0. The van der Waals surface area contributed by atoms with Crippen molar-refractivity contribution >= 4 is 0 Å². The number of benzene rings is 1. The van der Waals surface area contributed by atoms with Crippen LogP contribution in [0.3, 0.4) is 0 Å². The second-order valence-corrected chi connectivity index (χ2v) is 4.21. The van der Waals surface area contributed by atoms with Crippen LogP contribution < -0.4 is 5.32 Å². The van der Waals surface area contributed by atoms with E-state index in [1.165, 1.54) is 12.1 Å². The first-order valence-corrected chi connectivity index (χ1v) is 5.92. The van der Waals surface area contributed by atoms with Crippen LogP contribution in [0.5, 0.6) is 0 Å². The maximum atomic E-state index is 13.3. The maximum Gasteiger partial charge on any atom is 0.247 e. The lowest BCUT2D eigenvalue weighted by atomic mass is 10.1. The Morgan fingerprint density at radius 2 is 2.11 bits per heavy atom. The first-order valence-electron chi connectivity index (χ1n) is 5.92. The largest absolute Gasteiger partial charge is 0.419 e. The number of rotatable bonds is 4. The van der Waals surface area contributed by atoms with Crippen molar-refractivity contribution in [3.05, 3.63) is 35.5 Å². The standard InChI is InChI=1S/C13H16FN3O/c1-4-11(15-3)13-17-16-12(18-13)9-5-8(2)6-10(14)7-9/h5-7,11,15H,4H2,1-3H3. The van der Waals surface area contributed by atoms with Crippen LogP contribution in [0.2, 0.25) is 0 Å². The van der Waals surface area contributed by atoms with Crippen molar-refractivity contribution in [3.63, 3.8) is 0 Å². The third kappa shape index (κ3) is 2.56. The summed E-state index contributed by atoms with van der Waals surface area (Å²) < 4.78 is 18.9. The first kappa shape index (κ1) is 12.7. The molecule has 1 aromatic carbocycles. The van der Waals surface area contributed by atoms with Gasteiger partial charge in [-0.3, -0.25) is 0 Å². The zero-order valence-corrected chi connectivity index (χ0v) is 10.7. The summed E-state index contributed by atoms with van der Waals surface area (Å²) in [4.78, 5) is 0. The van der Waals surface area contributed by atoms with E-state index >= 15 is 0 Å². The number of aromatic nitrogens is 2. The molecule has 0 aliphatic carbocycles. The Labute approximate surface area is 105 Å². The van der Waals surface area contributed by atoms with Crippen molar-refractivity contribution in [1.82, 2.24) is 15.5 Å². The summed E-state index contributed by atoms with van der Waals surface area (Å²) in [5.74, 6) is 0.573. The second-order valence-electron chi connectivity index (χ2n) is 4.21. The third-order valence-electron chi connectivity index (χ3n) is 2.78. The molecule has 5 heteroatoms. The zero-order valence-electron chi connectivity index (χ0n) is 10.7. The van der Waals surface area contributed by atoms with Gasteiger partial charge in [0.25, 0.3) is 0 Å². The molecule has 0 amide bonds. The average Bonchev–Trinajstić information content (AvgIpc) is 2.79. The predicted molar refractivity (Wildman–Crippen MR) is 66.5 cm³/mol. The van der Waals surface area contributed by atoms with Crippen LogP contribution in [0.15, 0.2) is 22.6 Å². The summed E-state index contributed by atoms with van der Waals surface area (Å²) in [6.07, 6.45) is 0.848. The minimum absolute atomic E-state index is 0.0286. The van der Waals surface area contributed by atoms with Gasteiger partial charge in [0.05, 0.1) is 6.04 Å². The van der Waals surface area contributed by atoms with Gasteiger partial charge in [-0.1, -0.05) is 6.92 Å².